The summed E-state index contributed by atoms with van der Waals surface area (Å²) < 4.78 is 82.3. The number of phenols is 1. The van der Waals surface area contributed by atoms with E-state index < -0.39 is 63.0 Å². The van der Waals surface area contributed by atoms with Crippen LogP contribution in [-0.4, -0.2) is 11.0 Å². The maximum Gasteiger partial charge on any atom is 0.417 e. The Labute approximate surface area is 178 Å². The molecule has 0 atom stereocenters. The number of benzene rings is 3. The number of hydrogen-bond acceptors (Lipinski definition) is 2. The van der Waals surface area contributed by atoms with E-state index in [9.17, 15) is 36.2 Å². The Bertz CT molecular complexity index is 1250. The molecular formula is C23H13F6NO2. The lowest BCUT2D eigenvalue weighted by atomic mass is 9.84. The fraction of sp³-hybridized carbons (Fsp3) is 0.0870. The van der Waals surface area contributed by atoms with Crippen LogP contribution in [-0.2, 0) is 12.4 Å². The van der Waals surface area contributed by atoms with Crippen molar-refractivity contribution in [3.05, 3.63) is 76.9 Å². The molecule has 3 N–H and O–H groups in total. The first kappa shape index (κ1) is 22.7. The van der Waals surface area contributed by atoms with Gasteiger partial charge in [-0.15, -0.1) is 6.42 Å². The predicted molar refractivity (Wildman–Crippen MR) is 105 cm³/mol. The Morgan fingerprint density at radius 1 is 0.844 bits per heavy atom. The van der Waals surface area contributed by atoms with Crippen LogP contribution in [0.5, 0.6) is 5.75 Å². The van der Waals surface area contributed by atoms with Gasteiger partial charge < -0.3 is 10.8 Å². The lowest BCUT2D eigenvalue weighted by Crippen LogP contribution is -2.14. The number of rotatable bonds is 3. The highest BCUT2D eigenvalue weighted by atomic mass is 19.4. The molecule has 3 nitrogen and oxygen atoms in total. The Morgan fingerprint density at radius 2 is 1.28 bits per heavy atom. The second-order valence-electron chi connectivity index (χ2n) is 6.67. The molecule has 3 aromatic carbocycles. The summed E-state index contributed by atoms with van der Waals surface area (Å²) in [5.74, 6) is -0.139. The molecule has 0 aliphatic rings. The Morgan fingerprint density at radius 3 is 1.69 bits per heavy atom. The van der Waals surface area contributed by atoms with Gasteiger partial charge in [0, 0.05) is 16.7 Å². The molecular weight excluding hydrogens is 436 g/mol. The largest absolute Gasteiger partial charge is 0.506 e. The van der Waals surface area contributed by atoms with Crippen molar-refractivity contribution in [3.8, 4) is 40.3 Å². The summed E-state index contributed by atoms with van der Waals surface area (Å²) in [6.07, 6.45) is -4.37. The third kappa shape index (κ3) is 3.99. The van der Waals surface area contributed by atoms with Crippen molar-refractivity contribution < 1.29 is 36.2 Å². The van der Waals surface area contributed by atoms with Crippen molar-refractivity contribution >= 4 is 5.91 Å². The van der Waals surface area contributed by atoms with Crippen molar-refractivity contribution in [1.82, 2.24) is 0 Å². The molecule has 1 amide bonds. The zero-order valence-electron chi connectivity index (χ0n) is 16.0. The number of hydrogen-bond donors (Lipinski definition) is 2. The van der Waals surface area contributed by atoms with E-state index in [0.717, 1.165) is 36.4 Å². The monoisotopic (exact) mass is 449 g/mol. The maximum atomic E-state index is 13.7. The number of aromatic hydroxyl groups is 1. The van der Waals surface area contributed by atoms with E-state index in [1.54, 1.807) is 0 Å². The van der Waals surface area contributed by atoms with Crippen LogP contribution in [0.4, 0.5) is 26.3 Å². The average molecular weight is 449 g/mol. The average Bonchev–Trinajstić information content (AvgIpc) is 2.72. The third-order valence-corrected chi connectivity index (χ3v) is 4.72. The number of halogens is 6. The number of terminal acetylenes is 1. The van der Waals surface area contributed by atoms with Crippen LogP contribution >= 0.6 is 0 Å². The van der Waals surface area contributed by atoms with Crippen LogP contribution in [0.1, 0.15) is 27.0 Å². The molecule has 3 aromatic rings. The zero-order valence-corrected chi connectivity index (χ0v) is 16.0. The molecule has 0 unspecified atom stereocenters. The predicted octanol–water partition coefficient (Wildman–Crippen LogP) is 5.84. The molecule has 0 bridgehead atoms. The summed E-state index contributed by atoms with van der Waals surface area (Å²) in [6, 6.07) is 8.90. The van der Waals surface area contributed by atoms with Gasteiger partial charge in [0.25, 0.3) is 5.91 Å². The summed E-state index contributed by atoms with van der Waals surface area (Å²) in [4.78, 5) is 11.8. The highest BCUT2D eigenvalue weighted by Gasteiger charge is 2.38. The van der Waals surface area contributed by atoms with Gasteiger partial charge in [0.1, 0.15) is 5.75 Å². The number of primary amides is 1. The quantitative estimate of drug-likeness (QED) is 0.390. The zero-order chi connectivity index (χ0) is 23.8. The Balaban J connectivity index is 2.60. The minimum atomic E-state index is -4.93. The number of carbonyl (C=O) groups is 1. The molecule has 9 heteroatoms. The third-order valence-electron chi connectivity index (χ3n) is 4.72. The highest BCUT2D eigenvalue weighted by Crippen LogP contribution is 2.49. The summed E-state index contributed by atoms with van der Waals surface area (Å²) >= 11 is 0. The molecule has 0 aliphatic heterocycles. The lowest BCUT2D eigenvalue weighted by Gasteiger charge is -2.22. The van der Waals surface area contributed by atoms with Crippen molar-refractivity contribution in [1.29, 1.82) is 0 Å². The molecule has 0 spiro atoms. The van der Waals surface area contributed by atoms with Crippen LogP contribution in [0, 0.1) is 12.3 Å². The fourth-order valence-electron chi connectivity index (χ4n) is 3.41. The second kappa shape index (κ2) is 7.96. The van der Waals surface area contributed by atoms with Crippen LogP contribution in [0.2, 0.25) is 0 Å². The van der Waals surface area contributed by atoms with Crippen LogP contribution in [0.3, 0.4) is 0 Å². The van der Waals surface area contributed by atoms with E-state index in [2.05, 4.69) is 5.92 Å². The van der Waals surface area contributed by atoms with Gasteiger partial charge in [0.05, 0.1) is 16.7 Å². The maximum absolute atomic E-state index is 13.7. The van der Waals surface area contributed by atoms with E-state index in [0.29, 0.717) is 6.07 Å². The van der Waals surface area contributed by atoms with Crippen molar-refractivity contribution in [2.75, 3.05) is 0 Å². The Hall–Kier alpha value is -3.93. The lowest BCUT2D eigenvalue weighted by molar-refractivity contribution is -0.138. The second-order valence-corrected chi connectivity index (χ2v) is 6.67. The van der Waals surface area contributed by atoms with Gasteiger partial charge in [0.15, 0.2) is 0 Å². The standard InChI is InChI=1S/C23H13F6NO2/c1-2-12-11-15(21(30)32)20(31)19(14-8-4-6-10-17(14)23(27,28)29)18(12)13-7-3-5-9-16(13)22(24,25)26/h1,3-11,31H,(H2,30,32). The van der Waals surface area contributed by atoms with Gasteiger partial charge in [-0.05, 0) is 29.3 Å². The number of nitrogens with two attached hydrogens (primary N) is 1. The van der Waals surface area contributed by atoms with Crippen LogP contribution < -0.4 is 5.73 Å². The molecule has 0 heterocycles. The molecule has 0 saturated carbocycles. The molecule has 0 aliphatic carbocycles. The van der Waals surface area contributed by atoms with Crippen molar-refractivity contribution in [2.45, 2.75) is 12.4 Å². The van der Waals surface area contributed by atoms with Crippen LogP contribution in [0.25, 0.3) is 22.3 Å². The topological polar surface area (TPSA) is 63.3 Å². The normalized spacial score (nSPS) is 11.8. The van der Waals surface area contributed by atoms with Gasteiger partial charge in [-0.2, -0.15) is 26.3 Å². The van der Waals surface area contributed by atoms with Gasteiger partial charge in [-0.25, -0.2) is 0 Å². The van der Waals surface area contributed by atoms with E-state index in [1.165, 1.54) is 12.1 Å². The minimum absolute atomic E-state index is 0.347. The van der Waals surface area contributed by atoms with Crippen LogP contribution in [0.15, 0.2) is 54.6 Å². The number of carbonyl (C=O) groups excluding carboxylic acids is 1. The Kier molecular flexibility index (Phi) is 5.66. The van der Waals surface area contributed by atoms with Gasteiger partial charge in [-0.1, -0.05) is 42.3 Å². The minimum Gasteiger partial charge on any atom is -0.506 e. The van der Waals surface area contributed by atoms with Crippen molar-refractivity contribution in [2.24, 2.45) is 5.73 Å². The first-order chi connectivity index (χ1) is 14.9. The van der Waals surface area contributed by atoms with E-state index in [-0.39, 0.29) is 5.56 Å². The van der Waals surface area contributed by atoms with Gasteiger partial charge in [-0.3, -0.25) is 4.79 Å². The van der Waals surface area contributed by atoms with Gasteiger partial charge in [0.2, 0.25) is 0 Å². The summed E-state index contributed by atoms with van der Waals surface area (Å²) in [7, 11) is 0. The first-order valence-corrected chi connectivity index (χ1v) is 8.87. The van der Waals surface area contributed by atoms with E-state index >= 15 is 0 Å². The van der Waals surface area contributed by atoms with Crippen molar-refractivity contribution in [3.63, 3.8) is 0 Å². The van der Waals surface area contributed by atoms with Gasteiger partial charge >= 0.3 is 12.4 Å². The van der Waals surface area contributed by atoms with E-state index in [4.69, 9.17) is 12.2 Å². The molecule has 0 saturated heterocycles. The molecule has 32 heavy (non-hydrogen) atoms. The highest BCUT2D eigenvalue weighted by molar-refractivity contribution is 6.03. The SMILES string of the molecule is C#Cc1cc(C(N)=O)c(O)c(-c2ccccc2C(F)(F)F)c1-c1ccccc1C(F)(F)F. The molecule has 0 radical (unpaired) electrons. The summed E-state index contributed by atoms with van der Waals surface area (Å²) in [6.45, 7) is 0. The van der Waals surface area contributed by atoms with E-state index in [1.807, 2.05) is 0 Å². The first-order valence-electron chi connectivity index (χ1n) is 8.87. The summed E-state index contributed by atoms with van der Waals surface area (Å²) in [5, 5.41) is 10.7. The molecule has 3 rings (SSSR count). The summed E-state index contributed by atoms with van der Waals surface area (Å²) in [5.41, 5.74) is -0.572. The number of alkyl halides is 6. The smallest absolute Gasteiger partial charge is 0.417 e. The molecule has 0 aromatic heterocycles. The molecule has 0 fully saturated rings. The fourth-order valence-corrected chi connectivity index (χ4v) is 3.41. The number of amides is 1. The molecule has 164 valence electrons.